The molecule has 0 saturated carbocycles. The predicted molar refractivity (Wildman–Crippen MR) is 157 cm³/mol. The lowest BCUT2D eigenvalue weighted by atomic mass is 9.80. The fourth-order valence-corrected chi connectivity index (χ4v) is 5.60. The van der Waals surface area contributed by atoms with E-state index in [-0.39, 0.29) is 23.7 Å². The van der Waals surface area contributed by atoms with E-state index in [0.29, 0.717) is 22.4 Å². The first-order chi connectivity index (χ1) is 20.2. The van der Waals surface area contributed by atoms with Gasteiger partial charge < -0.3 is 15.0 Å². The zero-order chi connectivity index (χ0) is 29.7. The van der Waals surface area contributed by atoms with Crippen LogP contribution in [0.2, 0.25) is 0 Å². The highest BCUT2D eigenvalue weighted by Gasteiger charge is 2.33. The minimum Gasteiger partial charge on any atom is -0.469 e. The number of nitrogens with one attached hydrogen (secondary N) is 1. The second kappa shape index (κ2) is 12.5. The van der Waals surface area contributed by atoms with E-state index in [1.54, 1.807) is 24.3 Å². The van der Waals surface area contributed by atoms with Crippen molar-refractivity contribution in [1.82, 2.24) is 0 Å². The molecule has 0 bridgehead atoms. The largest absolute Gasteiger partial charge is 0.469 e. The van der Waals surface area contributed by atoms with Gasteiger partial charge in [-0.15, -0.1) is 0 Å². The van der Waals surface area contributed by atoms with Gasteiger partial charge in [0.05, 0.1) is 18.6 Å². The van der Waals surface area contributed by atoms with E-state index in [1.165, 1.54) is 19.2 Å². The summed E-state index contributed by atoms with van der Waals surface area (Å²) >= 11 is 0. The van der Waals surface area contributed by atoms with Crippen LogP contribution in [0.4, 0.5) is 24.5 Å². The maximum absolute atomic E-state index is 13.2. The Balaban J connectivity index is 1.23. The van der Waals surface area contributed by atoms with Gasteiger partial charge in [0.1, 0.15) is 0 Å². The van der Waals surface area contributed by atoms with Gasteiger partial charge in [0.25, 0.3) is 5.91 Å². The summed E-state index contributed by atoms with van der Waals surface area (Å²) in [6.07, 6.45) is -2.74. The zero-order valence-corrected chi connectivity index (χ0v) is 23.1. The molecule has 0 aromatic heterocycles. The number of halogens is 3. The number of anilines is 2. The van der Waals surface area contributed by atoms with Crippen molar-refractivity contribution in [3.8, 4) is 11.1 Å². The van der Waals surface area contributed by atoms with Gasteiger partial charge in [0.2, 0.25) is 0 Å². The van der Waals surface area contributed by atoms with Crippen LogP contribution in [0.3, 0.4) is 0 Å². The molecular weight excluding hydrogens is 541 g/mol. The highest BCUT2D eigenvalue weighted by molar-refractivity contribution is 6.08. The van der Waals surface area contributed by atoms with Crippen molar-refractivity contribution in [3.05, 3.63) is 120 Å². The second-order valence-corrected chi connectivity index (χ2v) is 10.4. The van der Waals surface area contributed by atoms with Crippen molar-refractivity contribution >= 4 is 23.3 Å². The second-order valence-electron chi connectivity index (χ2n) is 10.4. The number of carbonyl (C=O) groups excluding carboxylic acids is 2. The molecule has 1 aliphatic rings. The van der Waals surface area contributed by atoms with Gasteiger partial charge in [0.15, 0.2) is 0 Å². The summed E-state index contributed by atoms with van der Waals surface area (Å²) in [5, 5.41) is 2.90. The third kappa shape index (κ3) is 6.48. The minimum absolute atomic E-state index is 0.180. The summed E-state index contributed by atoms with van der Waals surface area (Å²) in [4.78, 5) is 28.1. The number of esters is 1. The van der Waals surface area contributed by atoms with Crippen LogP contribution in [0.5, 0.6) is 0 Å². The molecular formula is C34H31F3N2O3. The Morgan fingerprint density at radius 2 is 1.45 bits per heavy atom. The van der Waals surface area contributed by atoms with Crippen molar-refractivity contribution in [2.24, 2.45) is 5.92 Å². The van der Waals surface area contributed by atoms with Crippen LogP contribution in [0.15, 0.2) is 103 Å². The van der Waals surface area contributed by atoms with Crippen LogP contribution in [-0.4, -0.2) is 32.1 Å². The van der Waals surface area contributed by atoms with Crippen LogP contribution in [0.1, 0.15) is 40.2 Å². The first kappa shape index (κ1) is 28.9. The third-order valence-electron chi connectivity index (χ3n) is 7.81. The lowest BCUT2D eigenvalue weighted by Gasteiger charge is -2.36. The highest BCUT2D eigenvalue weighted by atomic mass is 19.4. The van der Waals surface area contributed by atoms with Gasteiger partial charge in [-0.2, -0.15) is 13.2 Å². The number of carbonyl (C=O) groups is 2. The summed E-state index contributed by atoms with van der Waals surface area (Å²) in [6.45, 7) is 1.58. The summed E-state index contributed by atoms with van der Waals surface area (Å²) < 4.78 is 44.1. The zero-order valence-electron chi connectivity index (χ0n) is 23.1. The Kier molecular flexibility index (Phi) is 8.61. The van der Waals surface area contributed by atoms with E-state index in [0.717, 1.165) is 49.3 Å². The highest BCUT2D eigenvalue weighted by Crippen LogP contribution is 2.36. The van der Waals surface area contributed by atoms with Crippen molar-refractivity contribution in [2.45, 2.75) is 24.9 Å². The van der Waals surface area contributed by atoms with Crippen molar-refractivity contribution < 1.29 is 27.5 Å². The van der Waals surface area contributed by atoms with Gasteiger partial charge in [-0.25, -0.2) is 0 Å². The van der Waals surface area contributed by atoms with Gasteiger partial charge in [-0.05, 0) is 77.9 Å². The summed E-state index contributed by atoms with van der Waals surface area (Å²) in [7, 11) is 1.43. The number of benzene rings is 4. The first-order valence-corrected chi connectivity index (χ1v) is 13.8. The average Bonchev–Trinajstić information content (AvgIpc) is 3.02. The van der Waals surface area contributed by atoms with Gasteiger partial charge in [0, 0.05) is 30.0 Å². The van der Waals surface area contributed by atoms with E-state index < -0.39 is 11.7 Å². The molecule has 0 spiro atoms. The molecule has 1 unspecified atom stereocenters. The molecule has 0 aliphatic carbocycles. The molecule has 5 rings (SSSR count). The van der Waals surface area contributed by atoms with E-state index in [1.807, 2.05) is 54.6 Å². The van der Waals surface area contributed by atoms with Crippen LogP contribution in [0.25, 0.3) is 11.1 Å². The number of piperidine rings is 1. The van der Waals surface area contributed by atoms with E-state index >= 15 is 0 Å². The molecule has 1 N–H and O–H groups in total. The maximum atomic E-state index is 13.2. The predicted octanol–water partition coefficient (Wildman–Crippen LogP) is 7.80. The van der Waals surface area contributed by atoms with Gasteiger partial charge >= 0.3 is 12.1 Å². The standard InChI is InChI=1S/C34H31F3N2O3/c1-42-33(41)31(24-7-3-2-4-8-24)25-19-21-39(22-20-25)28-17-15-27(16-18-28)38-32(40)30-10-6-5-9-29(30)23-11-13-26(14-12-23)34(35,36)37/h2-18,25,31H,19-22H2,1H3,(H,38,40). The monoisotopic (exact) mass is 572 g/mol. The topological polar surface area (TPSA) is 58.6 Å². The van der Waals surface area contributed by atoms with E-state index in [2.05, 4.69) is 10.2 Å². The van der Waals surface area contributed by atoms with Crippen LogP contribution >= 0.6 is 0 Å². The molecule has 5 nitrogen and oxygen atoms in total. The number of alkyl halides is 3. The van der Waals surface area contributed by atoms with E-state index in [4.69, 9.17) is 4.74 Å². The number of nitrogens with zero attached hydrogens (tertiary/aromatic N) is 1. The first-order valence-electron chi connectivity index (χ1n) is 13.8. The van der Waals surface area contributed by atoms with Crippen LogP contribution in [-0.2, 0) is 15.7 Å². The maximum Gasteiger partial charge on any atom is 0.416 e. The normalized spacial score (nSPS) is 14.7. The molecule has 216 valence electrons. The summed E-state index contributed by atoms with van der Waals surface area (Å²) in [5.74, 6) is -0.672. The third-order valence-corrected chi connectivity index (χ3v) is 7.81. The molecule has 1 atom stereocenters. The number of hydrogen-bond acceptors (Lipinski definition) is 4. The quantitative estimate of drug-likeness (QED) is 0.230. The smallest absolute Gasteiger partial charge is 0.416 e. The van der Waals surface area contributed by atoms with Crippen molar-refractivity contribution in [2.75, 3.05) is 30.4 Å². The molecule has 42 heavy (non-hydrogen) atoms. The Morgan fingerprint density at radius 3 is 2.07 bits per heavy atom. The molecule has 1 saturated heterocycles. The van der Waals surface area contributed by atoms with Gasteiger partial charge in [-0.3, -0.25) is 9.59 Å². The fourth-order valence-electron chi connectivity index (χ4n) is 5.60. The molecule has 1 fully saturated rings. The molecule has 1 aliphatic heterocycles. The Morgan fingerprint density at radius 1 is 0.833 bits per heavy atom. The number of amides is 1. The average molecular weight is 573 g/mol. The lowest BCUT2D eigenvalue weighted by molar-refractivity contribution is -0.144. The summed E-state index contributed by atoms with van der Waals surface area (Å²) in [6, 6.07) is 28.9. The summed E-state index contributed by atoms with van der Waals surface area (Å²) in [5.41, 5.74) is 3.29. The minimum atomic E-state index is -4.43. The van der Waals surface area contributed by atoms with Crippen LogP contribution < -0.4 is 10.2 Å². The SMILES string of the molecule is COC(=O)C(c1ccccc1)C1CCN(c2ccc(NC(=O)c3ccccc3-c3ccc(C(F)(F)F)cc3)cc2)CC1. The number of rotatable bonds is 7. The Hall–Kier alpha value is -4.59. The number of hydrogen-bond donors (Lipinski definition) is 1. The number of ether oxygens (including phenoxy) is 1. The molecule has 1 amide bonds. The Labute approximate surface area is 242 Å². The van der Waals surface area contributed by atoms with Crippen molar-refractivity contribution in [1.29, 1.82) is 0 Å². The molecule has 4 aromatic carbocycles. The number of methoxy groups -OCH3 is 1. The van der Waals surface area contributed by atoms with Crippen molar-refractivity contribution in [3.63, 3.8) is 0 Å². The Bertz CT molecular complexity index is 1510. The van der Waals surface area contributed by atoms with Crippen LogP contribution in [0, 0.1) is 5.92 Å². The molecule has 1 heterocycles. The molecule has 0 radical (unpaired) electrons. The molecule has 8 heteroatoms. The van der Waals surface area contributed by atoms with Gasteiger partial charge in [-0.1, -0.05) is 60.7 Å². The lowest BCUT2D eigenvalue weighted by Crippen LogP contribution is -2.37. The molecule has 4 aromatic rings. The fraction of sp³-hybridized carbons (Fsp3) is 0.235. The van der Waals surface area contributed by atoms with E-state index in [9.17, 15) is 22.8 Å².